The minimum atomic E-state index is -0.618. The van der Waals surface area contributed by atoms with Crippen molar-refractivity contribution in [2.24, 2.45) is 50.1 Å². The van der Waals surface area contributed by atoms with E-state index in [1.807, 2.05) is 65.8 Å². The lowest BCUT2D eigenvalue weighted by Crippen LogP contribution is -2.23. The number of anilines is 4. The van der Waals surface area contributed by atoms with Crippen LogP contribution in [0.2, 0.25) is 0 Å². The summed E-state index contributed by atoms with van der Waals surface area (Å²) in [4.78, 5) is 65.8. The molecule has 0 heterocycles. The number of thioether (sulfide) groups is 2. The van der Waals surface area contributed by atoms with Gasteiger partial charge in [-0.15, -0.1) is 23.5 Å². The predicted octanol–water partition coefficient (Wildman–Crippen LogP) is 5.43. The molecule has 4 amide bonds. The number of amides is 4. The van der Waals surface area contributed by atoms with Crippen molar-refractivity contribution < 1.29 is 28.7 Å². The van der Waals surface area contributed by atoms with Gasteiger partial charge in [0.15, 0.2) is 5.96 Å². The summed E-state index contributed by atoms with van der Waals surface area (Å²) in [6.07, 6.45) is 2.90. The zero-order valence-electron chi connectivity index (χ0n) is 42.0. The van der Waals surface area contributed by atoms with Crippen LogP contribution in [0.1, 0.15) is 119 Å². The van der Waals surface area contributed by atoms with Crippen LogP contribution in [0, 0.1) is 0 Å². The quantitative estimate of drug-likeness (QED) is 0.0187. The van der Waals surface area contributed by atoms with E-state index >= 15 is 0 Å². The summed E-state index contributed by atoms with van der Waals surface area (Å²) in [6, 6.07) is 10.4. The van der Waals surface area contributed by atoms with Crippen LogP contribution in [0.15, 0.2) is 56.2 Å². The molecule has 0 unspecified atom stereocenters. The monoisotopic (exact) mass is 1010 g/mol. The highest BCUT2D eigenvalue weighted by Crippen LogP contribution is 2.42. The van der Waals surface area contributed by atoms with Gasteiger partial charge in [0.1, 0.15) is 24.7 Å². The third kappa shape index (κ3) is 19.3. The fraction of sp³-hybridized carbons (Fsp3) is 0.510. The molecule has 0 bridgehead atoms. The lowest BCUT2D eigenvalue weighted by Gasteiger charge is -2.25. The number of hydrogen-bond acceptors (Lipinski definition) is 14. The molecular formula is C49H77N13O6S2. The van der Waals surface area contributed by atoms with Crippen LogP contribution in [0.25, 0.3) is 0 Å². The second-order valence-corrected chi connectivity index (χ2v) is 20.7. The normalized spacial score (nSPS) is 11.7. The van der Waals surface area contributed by atoms with Crippen molar-refractivity contribution in [2.45, 2.75) is 108 Å². The van der Waals surface area contributed by atoms with Crippen LogP contribution >= 0.6 is 23.5 Å². The molecule has 0 atom stereocenters. The van der Waals surface area contributed by atoms with E-state index in [1.165, 1.54) is 35.7 Å². The first-order chi connectivity index (χ1) is 33.1. The Kier molecular flexibility index (Phi) is 24.3. The van der Waals surface area contributed by atoms with Gasteiger partial charge in [-0.3, -0.25) is 29.2 Å². The number of carbonyl (C=O) groups excluding carboxylic acids is 4. The maximum atomic E-state index is 14.8. The van der Waals surface area contributed by atoms with Crippen LogP contribution in [0.4, 0.5) is 22.7 Å². The number of nitrogens with zero attached hydrogens (tertiary/aromatic N) is 2. The highest BCUT2D eigenvalue weighted by atomic mass is 32.2. The lowest BCUT2D eigenvalue weighted by molar-refractivity contribution is -0.117. The largest absolute Gasteiger partial charge is 0.491 e. The summed E-state index contributed by atoms with van der Waals surface area (Å²) in [5.74, 6) is -0.0115. The standard InChI is InChI=1S/C49H77N13O6S2/c1-30(54)57-18-10-8-12-41(63)59-35-24-31(48(2,3)4)26-37(43(35)69-22-16-52)61-45(65)33-28-34(40(68-21-15-51)29-39(33)67-20-14-50)46(66)62-38-27-32(49(5,6)7)25-36(44(38)70-23-17-53)60-42(64)13-9-11-19-58-47(55)56/h24-29H,8-23,50-53H2,1-7H3,(H2,54,57)(H,59,63)(H,60,64)(H,61,65)(H,62,66)(H4,55,56,58). The van der Waals surface area contributed by atoms with E-state index in [0.717, 1.165) is 11.1 Å². The second-order valence-electron chi connectivity index (χ2n) is 18.4. The highest BCUT2D eigenvalue weighted by Gasteiger charge is 2.28. The molecule has 0 spiro atoms. The number of carbonyl (C=O) groups is 4. The molecule has 386 valence electrons. The van der Waals surface area contributed by atoms with Gasteiger partial charge in [0.25, 0.3) is 11.8 Å². The Morgan fingerprint density at radius 3 is 1.27 bits per heavy atom. The fourth-order valence-corrected chi connectivity index (χ4v) is 8.39. The van der Waals surface area contributed by atoms with Crippen molar-refractivity contribution in [1.29, 1.82) is 0 Å². The maximum Gasteiger partial charge on any atom is 0.259 e. The lowest BCUT2D eigenvalue weighted by atomic mass is 9.86. The van der Waals surface area contributed by atoms with E-state index in [1.54, 1.807) is 6.92 Å². The van der Waals surface area contributed by atoms with Crippen LogP contribution in [0.5, 0.6) is 11.5 Å². The average molecular weight is 1010 g/mol. The number of ether oxygens (including phenoxy) is 2. The molecule has 3 rings (SSSR count). The summed E-state index contributed by atoms with van der Waals surface area (Å²) in [5.41, 5.74) is 43.0. The first-order valence-electron chi connectivity index (χ1n) is 23.5. The molecule has 3 aromatic carbocycles. The van der Waals surface area contributed by atoms with Gasteiger partial charge < -0.3 is 70.9 Å². The summed E-state index contributed by atoms with van der Waals surface area (Å²) in [7, 11) is 0. The Hall–Kier alpha value is -5.58. The average Bonchev–Trinajstić information content (AvgIpc) is 3.28. The summed E-state index contributed by atoms with van der Waals surface area (Å²) < 4.78 is 12.1. The third-order valence-electron chi connectivity index (χ3n) is 10.3. The minimum absolute atomic E-state index is 0.00225. The van der Waals surface area contributed by atoms with Gasteiger partial charge in [-0.1, -0.05) is 41.5 Å². The predicted molar refractivity (Wildman–Crippen MR) is 289 cm³/mol. The topological polar surface area (TPSA) is 342 Å². The van der Waals surface area contributed by atoms with Crippen LogP contribution < -0.4 is 70.9 Å². The molecule has 0 aliphatic carbocycles. The van der Waals surface area contributed by atoms with Gasteiger partial charge in [-0.2, -0.15) is 0 Å². The van der Waals surface area contributed by atoms with E-state index in [0.29, 0.717) is 102 Å². The highest BCUT2D eigenvalue weighted by molar-refractivity contribution is 7.99. The zero-order chi connectivity index (χ0) is 52.0. The van der Waals surface area contributed by atoms with Crippen LogP contribution in [-0.4, -0.2) is 99.4 Å². The van der Waals surface area contributed by atoms with E-state index in [4.69, 9.17) is 49.6 Å². The van der Waals surface area contributed by atoms with Gasteiger partial charge in [-0.05, 0) is 84.9 Å². The number of amidine groups is 1. The summed E-state index contributed by atoms with van der Waals surface area (Å²) in [5, 5.41) is 12.3. The zero-order valence-corrected chi connectivity index (χ0v) is 43.6. The number of unbranched alkanes of at least 4 members (excludes halogenated alkanes) is 2. The van der Waals surface area contributed by atoms with Crippen molar-refractivity contribution in [3.8, 4) is 11.5 Å². The Bertz CT molecular complexity index is 2150. The molecule has 0 aliphatic heterocycles. The van der Waals surface area contributed by atoms with Gasteiger partial charge in [0.2, 0.25) is 11.8 Å². The maximum absolute atomic E-state index is 14.8. The Labute approximate surface area is 421 Å². The van der Waals surface area contributed by atoms with Crippen molar-refractivity contribution >= 4 is 81.7 Å². The van der Waals surface area contributed by atoms with E-state index in [9.17, 15) is 19.2 Å². The minimum Gasteiger partial charge on any atom is -0.491 e. The molecule has 18 N–H and O–H groups in total. The van der Waals surface area contributed by atoms with Gasteiger partial charge in [0, 0.05) is 69.7 Å². The number of guanidine groups is 1. The Balaban J connectivity index is 2.20. The third-order valence-corrected chi connectivity index (χ3v) is 12.6. The first-order valence-corrected chi connectivity index (χ1v) is 25.5. The van der Waals surface area contributed by atoms with Crippen molar-refractivity contribution in [3.05, 3.63) is 58.7 Å². The first kappa shape index (κ1) is 58.7. The fourth-order valence-electron chi connectivity index (χ4n) is 6.68. The van der Waals surface area contributed by atoms with Gasteiger partial charge in [0.05, 0.1) is 49.5 Å². The molecular weight excluding hydrogens is 931 g/mol. The Morgan fingerprint density at radius 2 is 0.929 bits per heavy atom. The number of rotatable bonds is 28. The molecule has 0 aliphatic rings. The number of nitrogens with two attached hydrogens (primary N) is 7. The number of nitrogens with one attached hydrogen (secondary N) is 4. The molecule has 19 nitrogen and oxygen atoms in total. The summed E-state index contributed by atoms with van der Waals surface area (Å²) >= 11 is 2.77. The van der Waals surface area contributed by atoms with E-state index in [2.05, 4.69) is 31.3 Å². The van der Waals surface area contributed by atoms with E-state index < -0.39 is 22.6 Å². The molecule has 0 saturated carbocycles. The second kappa shape index (κ2) is 28.9. The smallest absolute Gasteiger partial charge is 0.259 e. The number of aliphatic imine (C=N–C) groups is 2. The van der Waals surface area contributed by atoms with Crippen LogP contribution in [0.3, 0.4) is 0 Å². The number of benzene rings is 3. The number of hydrogen-bond donors (Lipinski definition) is 11. The molecule has 0 radical (unpaired) electrons. The SMILES string of the molecule is CC(N)=NCCCCC(=O)Nc1cc(C(C)(C)C)cc(NC(=O)c2cc(C(=O)Nc3cc(C(C)(C)C)cc(NC(=O)CCCCN=C(N)N)c3SCCN)c(OCCN)cc2OCCN)c1SCCN. The van der Waals surface area contributed by atoms with E-state index in [-0.39, 0.29) is 79.5 Å². The molecule has 3 aromatic rings. The van der Waals surface area contributed by atoms with Crippen molar-refractivity contribution in [2.75, 3.05) is 85.3 Å². The van der Waals surface area contributed by atoms with Crippen LogP contribution in [-0.2, 0) is 20.4 Å². The molecule has 70 heavy (non-hydrogen) atoms. The molecule has 0 aromatic heterocycles. The van der Waals surface area contributed by atoms with Crippen molar-refractivity contribution in [3.63, 3.8) is 0 Å². The Morgan fingerprint density at radius 1 is 0.543 bits per heavy atom. The molecule has 21 heteroatoms. The molecule has 0 fully saturated rings. The van der Waals surface area contributed by atoms with Crippen molar-refractivity contribution in [1.82, 2.24) is 0 Å². The van der Waals surface area contributed by atoms with Gasteiger partial charge in [-0.25, -0.2) is 0 Å². The summed E-state index contributed by atoms with van der Waals surface area (Å²) in [6.45, 7) is 15.8. The van der Waals surface area contributed by atoms with Gasteiger partial charge >= 0.3 is 0 Å². The molecule has 0 saturated heterocycles.